The molecule has 0 saturated heterocycles. The predicted octanol–water partition coefficient (Wildman–Crippen LogP) is 4.05. The lowest BCUT2D eigenvalue weighted by Crippen LogP contribution is -2.16. The molecule has 0 amide bonds. The molecule has 0 bridgehead atoms. The van der Waals surface area contributed by atoms with Gasteiger partial charge in [0.15, 0.2) is 0 Å². The van der Waals surface area contributed by atoms with E-state index in [4.69, 9.17) is 9.90 Å². The second-order valence-electron chi connectivity index (χ2n) is 5.42. The first-order chi connectivity index (χ1) is 8.70. The zero-order chi connectivity index (χ0) is 13.8. The maximum atomic E-state index is 10.4. The maximum absolute atomic E-state index is 10.4. The molecule has 3 heteroatoms. The monoisotopic (exact) mass is 256 g/mol. The number of aliphatic carboxylic acids is 1. The van der Waals surface area contributed by atoms with Gasteiger partial charge in [-0.1, -0.05) is 58.3 Å². The molecule has 0 atom stereocenters. The standard InChI is InChI=1S/C7H12O2.C7H14.CH2O/c8-7(9)6-4-2-1-3-5-6;1-7-5-3-2-4-6-7;1-2/h6H,1-5H2,(H,8,9);7H,2-6H2,1H3;1H2. The summed E-state index contributed by atoms with van der Waals surface area (Å²) in [4.78, 5) is 18.4. The minimum absolute atomic E-state index is 0.0289. The number of carboxylic acid groups (broad SMARTS) is 1. The van der Waals surface area contributed by atoms with Crippen molar-refractivity contribution in [1.29, 1.82) is 0 Å². The third-order valence-corrected chi connectivity index (χ3v) is 3.85. The average molecular weight is 256 g/mol. The molecule has 0 unspecified atom stereocenters. The third-order valence-electron chi connectivity index (χ3n) is 3.85. The van der Waals surface area contributed by atoms with E-state index in [1.165, 1.54) is 38.5 Å². The zero-order valence-electron chi connectivity index (χ0n) is 11.7. The molecule has 18 heavy (non-hydrogen) atoms. The van der Waals surface area contributed by atoms with Crippen LogP contribution in [0.15, 0.2) is 0 Å². The second kappa shape index (κ2) is 11.2. The van der Waals surface area contributed by atoms with Crippen molar-refractivity contribution >= 4 is 12.8 Å². The highest BCUT2D eigenvalue weighted by Gasteiger charge is 2.19. The second-order valence-corrected chi connectivity index (χ2v) is 5.42. The minimum Gasteiger partial charge on any atom is -0.481 e. The van der Waals surface area contributed by atoms with E-state index < -0.39 is 5.97 Å². The Morgan fingerprint density at radius 2 is 1.28 bits per heavy atom. The molecule has 2 aliphatic rings. The first-order valence-electron chi connectivity index (χ1n) is 7.22. The summed E-state index contributed by atoms with van der Waals surface area (Å²) in [5.74, 6) is 0.405. The summed E-state index contributed by atoms with van der Waals surface area (Å²) >= 11 is 0. The largest absolute Gasteiger partial charge is 0.481 e. The number of hydrogen-bond donors (Lipinski definition) is 1. The SMILES string of the molecule is C=O.CC1CCCCC1.O=C(O)C1CCCCC1. The molecule has 2 fully saturated rings. The van der Waals surface area contributed by atoms with Crippen molar-refractivity contribution in [2.24, 2.45) is 11.8 Å². The summed E-state index contributed by atoms with van der Waals surface area (Å²) in [7, 11) is 0. The third kappa shape index (κ3) is 8.26. The summed E-state index contributed by atoms with van der Waals surface area (Å²) in [5.41, 5.74) is 0. The van der Waals surface area contributed by atoms with Gasteiger partial charge in [0.05, 0.1) is 5.92 Å². The molecule has 0 aromatic heterocycles. The van der Waals surface area contributed by atoms with Crippen LogP contribution in [0, 0.1) is 11.8 Å². The van der Waals surface area contributed by atoms with Crippen LogP contribution in [0.5, 0.6) is 0 Å². The van der Waals surface area contributed by atoms with Crippen LogP contribution in [-0.2, 0) is 9.59 Å². The van der Waals surface area contributed by atoms with Gasteiger partial charge in [-0.15, -0.1) is 0 Å². The smallest absolute Gasteiger partial charge is 0.306 e. The first kappa shape index (κ1) is 17.1. The molecule has 0 aromatic carbocycles. The predicted molar refractivity (Wildman–Crippen MR) is 73.6 cm³/mol. The fraction of sp³-hybridized carbons (Fsp3) is 0.867. The number of carboxylic acids is 1. The van der Waals surface area contributed by atoms with Gasteiger partial charge in [-0.25, -0.2) is 0 Å². The van der Waals surface area contributed by atoms with E-state index in [1.54, 1.807) is 0 Å². The molecule has 0 aromatic rings. The highest BCUT2D eigenvalue weighted by molar-refractivity contribution is 5.69. The molecule has 0 spiro atoms. The Hall–Kier alpha value is -0.860. The lowest BCUT2D eigenvalue weighted by molar-refractivity contribution is -0.142. The van der Waals surface area contributed by atoms with Crippen molar-refractivity contribution in [2.75, 3.05) is 0 Å². The van der Waals surface area contributed by atoms with Crippen LogP contribution in [0.4, 0.5) is 0 Å². The Labute approximate surface area is 111 Å². The van der Waals surface area contributed by atoms with E-state index in [1.807, 2.05) is 6.79 Å². The van der Waals surface area contributed by atoms with Crippen LogP contribution in [0.1, 0.15) is 71.1 Å². The molecule has 1 N–H and O–H groups in total. The molecule has 2 rings (SSSR count). The molecular weight excluding hydrogens is 228 g/mol. The zero-order valence-corrected chi connectivity index (χ0v) is 11.7. The highest BCUT2D eigenvalue weighted by Crippen LogP contribution is 2.23. The van der Waals surface area contributed by atoms with Gasteiger partial charge < -0.3 is 9.90 Å². The molecule has 0 heterocycles. The van der Waals surface area contributed by atoms with Gasteiger partial charge in [0.2, 0.25) is 0 Å². The topological polar surface area (TPSA) is 54.4 Å². The van der Waals surface area contributed by atoms with E-state index in [0.717, 1.165) is 31.6 Å². The first-order valence-corrected chi connectivity index (χ1v) is 7.22. The van der Waals surface area contributed by atoms with Gasteiger partial charge in [0.25, 0.3) is 0 Å². The number of carbonyl (C=O) groups excluding carboxylic acids is 1. The minimum atomic E-state index is -0.602. The van der Waals surface area contributed by atoms with Gasteiger partial charge >= 0.3 is 5.97 Å². The van der Waals surface area contributed by atoms with Crippen LogP contribution in [0.3, 0.4) is 0 Å². The Morgan fingerprint density at radius 1 is 0.889 bits per heavy atom. The lowest BCUT2D eigenvalue weighted by atomic mass is 9.90. The number of carbonyl (C=O) groups is 2. The van der Waals surface area contributed by atoms with E-state index >= 15 is 0 Å². The molecule has 0 aliphatic heterocycles. The van der Waals surface area contributed by atoms with E-state index in [-0.39, 0.29) is 5.92 Å². The Bertz CT molecular complexity index is 204. The maximum Gasteiger partial charge on any atom is 0.306 e. The van der Waals surface area contributed by atoms with Crippen LogP contribution in [0.25, 0.3) is 0 Å². The summed E-state index contributed by atoms with van der Waals surface area (Å²) < 4.78 is 0. The summed E-state index contributed by atoms with van der Waals surface area (Å²) in [6.45, 7) is 4.36. The van der Waals surface area contributed by atoms with E-state index in [0.29, 0.717) is 0 Å². The Morgan fingerprint density at radius 3 is 1.50 bits per heavy atom. The molecule has 2 saturated carbocycles. The van der Waals surface area contributed by atoms with Crippen molar-refractivity contribution in [3.05, 3.63) is 0 Å². The van der Waals surface area contributed by atoms with Gasteiger partial charge in [0.1, 0.15) is 6.79 Å². The number of rotatable bonds is 1. The molecule has 2 aliphatic carbocycles. The average Bonchev–Trinajstić information content (AvgIpc) is 2.43. The molecular formula is C15H28O3. The summed E-state index contributed by atoms with van der Waals surface area (Å²) in [6, 6.07) is 0. The van der Waals surface area contributed by atoms with Crippen molar-refractivity contribution < 1.29 is 14.7 Å². The Kier molecular flexibility index (Phi) is 10.7. The van der Waals surface area contributed by atoms with Crippen molar-refractivity contribution in [1.82, 2.24) is 0 Å². The summed E-state index contributed by atoms with van der Waals surface area (Å²) in [6.07, 6.45) is 12.7. The van der Waals surface area contributed by atoms with Crippen LogP contribution < -0.4 is 0 Å². The normalized spacial score (nSPS) is 20.9. The van der Waals surface area contributed by atoms with E-state index in [9.17, 15) is 4.79 Å². The van der Waals surface area contributed by atoms with Crippen LogP contribution >= 0.6 is 0 Å². The van der Waals surface area contributed by atoms with E-state index in [2.05, 4.69) is 6.92 Å². The van der Waals surface area contributed by atoms with Gasteiger partial charge in [-0.2, -0.15) is 0 Å². The van der Waals surface area contributed by atoms with Gasteiger partial charge in [0, 0.05) is 0 Å². The van der Waals surface area contributed by atoms with Gasteiger partial charge in [-0.3, -0.25) is 4.79 Å². The van der Waals surface area contributed by atoms with Crippen LogP contribution in [0.2, 0.25) is 0 Å². The lowest BCUT2D eigenvalue weighted by Gasteiger charge is -2.16. The van der Waals surface area contributed by atoms with Gasteiger partial charge in [-0.05, 0) is 18.8 Å². The number of hydrogen-bond acceptors (Lipinski definition) is 2. The quantitative estimate of drug-likeness (QED) is 0.770. The molecule has 0 radical (unpaired) electrons. The fourth-order valence-corrected chi connectivity index (χ4v) is 2.66. The van der Waals surface area contributed by atoms with Crippen molar-refractivity contribution in [3.8, 4) is 0 Å². The molecule has 3 nitrogen and oxygen atoms in total. The molecule has 106 valence electrons. The van der Waals surface area contributed by atoms with Crippen LogP contribution in [-0.4, -0.2) is 17.9 Å². The van der Waals surface area contributed by atoms with Crippen molar-refractivity contribution in [3.63, 3.8) is 0 Å². The van der Waals surface area contributed by atoms with Crippen molar-refractivity contribution in [2.45, 2.75) is 71.1 Å². The summed E-state index contributed by atoms with van der Waals surface area (Å²) in [5, 5.41) is 8.54. The fourth-order valence-electron chi connectivity index (χ4n) is 2.66. The Balaban J connectivity index is 0.000000289. The highest BCUT2D eigenvalue weighted by atomic mass is 16.4.